The molecule has 0 bridgehead atoms. The highest BCUT2D eigenvalue weighted by atomic mass is 16.3. The number of nitrogens with zero attached hydrogens (tertiary/aromatic N) is 1. The normalized spacial score (nSPS) is 21.0. The number of hydrogen-bond donors (Lipinski definition) is 1. The van der Waals surface area contributed by atoms with Gasteiger partial charge in [-0.2, -0.15) is 0 Å². The Morgan fingerprint density at radius 2 is 2.25 bits per heavy atom. The smallest absolute Gasteiger partial charge is 0.0531 e. The lowest BCUT2D eigenvalue weighted by molar-refractivity contribution is 0.174. The molecule has 2 nitrogen and oxygen atoms in total. The molecular weight excluding hydrogens is 198 g/mol. The van der Waals surface area contributed by atoms with E-state index in [-0.39, 0.29) is 6.10 Å². The molecule has 1 aromatic carbocycles. The molecule has 0 spiro atoms. The van der Waals surface area contributed by atoms with Crippen LogP contribution in [0.5, 0.6) is 0 Å². The van der Waals surface area contributed by atoms with Crippen LogP contribution < -0.4 is 4.90 Å². The predicted octanol–water partition coefficient (Wildman–Crippen LogP) is 2.52. The van der Waals surface area contributed by atoms with Gasteiger partial charge in [0.15, 0.2) is 0 Å². The van der Waals surface area contributed by atoms with E-state index in [1.54, 1.807) is 0 Å². The molecule has 0 aromatic heterocycles. The highest BCUT2D eigenvalue weighted by Crippen LogP contribution is 2.34. The minimum atomic E-state index is -0.213. The third-order valence-corrected chi connectivity index (χ3v) is 3.39. The molecule has 0 radical (unpaired) electrons. The second-order valence-electron chi connectivity index (χ2n) is 4.86. The number of aliphatic hydroxyl groups excluding tert-OH is 1. The van der Waals surface area contributed by atoms with Crippen molar-refractivity contribution in [3.05, 3.63) is 29.3 Å². The van der Waals surface area contributed by atoms with E-state index in [0.717, 1.165) is 19.4 Å². The molecule has 0 saturated heterocycles. The highest BCUT2D eigenvalue weighted by molar-refractivity contribution is 5.60. The van der Waals surface area contributed by atoms with E-state index in [1.165, 1.54) is 16.8 Å². The van der Waals surface area contributed by atoms with Gasteiger partial charge in [0, 0.05) is 18.3 Å². The van der Waals surface area contributed by atoms with Crippen molar-refractivity contribution >= 4 is 5.69 Å². The Bertz CT molecular complexity index is 373. The maximum absolute atomic E-state index is 9.53. The van der Waals surface area contributed by atoms with Crippen LogP contribution in [0.3, 0.4) is 0 Å². The summed E-state index contributed by atoms with van der Waals surface area (Å²) >= 11 is 0. The number of rotatable bonds is 3. The van der Waals surface area contributed by atoms with E-state index in [9.17, 15) is 5.11 Å². The fourth-order valence-corrected chi connectivity index (χ4v) is 2.75. The Morgan fingerprint density at radius 1 is 1.50 bits per heavy atom. The summed E-state index contributed by atoms with van der Waals surface area (Å²) in [6, 6.07) is 7.14. The van der Waals surface area contributed by atoms with Crippen LogP contribution in [0.15, 0.2) is 18.2 Å². The first-order valence-corrected chi connectivity index (χ1v) is 6.16. The molecule has 0 aliphatic carbocycles. The van der Waals surface area contributed by atoms with E-state index in [2.05, 4.69) is 36.9 Å². The maximum Gasteiger partial charge on any atom is 0.0531 e. The molecule has 0 amide bonds. The van der Waals surface area contributed by atoms with E-state index < -0.39 is 0 Å². The quantitative estimate of drug-likeness (QED) is 0.844. The number of benzene rings is 1. The zero-order valence-electron chi connectivity index (χ0n) is 10.4. The van der Waals surface area contributed by atoms with Crippen LogP contribution in [0, 0.1) is 6.92 Å². The molecule has 0 fully saturated rings. The first-order valence-electron chi connectivity index (χ1n) is 6.16. The van der Waals surface area contributed by atoms with Crippen molar-refractivity contribution in [2.45, 2.75) is 45.8 Å². The third-order valence-electron chi connectivity index (χ3n) is 3.39. The molecule has 16 heavy (non-hydrogen) atoms. The molecular formula is C14H21NO. The minimum Gasteiger partial charge on any atom is -0.393 e. The summed E-state index contributed by atoms with van der Waals surface area (Å²) in [5.41, 5.74) is 4.12. The molecule has 2 atom stereocenters. The summed E-state index contributed by atoms with van der Waals surface area (Å²) in [7, 11) is 0. The van der Waals surface area contributed by atoms with Crippen molar-refractivity contribution in [1.29, 1.82) is 0 Å². The number of likely N-dealkylation sites (N-methyl/N-ethyl adjacent to an activating group) is 1. The first-order chi connectivity index (χ1) is 7.61. The van der Waals surface area contributed by atoms with E-state index in [4.69, 9.17) is 0 Å². The molecule has 1 aromatic rings. The lowest BCUT2D eigenvalue weighted by Gasteiger charge is -2.27. The monoisotopic (exact) mass is 219 g/mol. The minimum absolute atomic E-state index is 0.213. The second-order valence-corrected chi connectivity index (χ2v) is 4.86. The van der Waals surface area contributed by atoms with Crippen LogP contribution in [-0.4, -0.2) is 23.8 Å². The van der Waals surface area contributed by atoms with E-state index >= 15 is 0 Å². The van der Waals surface area contributed by atoms with Crippen molar-refractivity contribution < 1.29 is 5.11 Å². The van der Waals surface area contributed by atoms with Gasteiger partial charge in [-0.1, -0.05) is 17.7 Å². The SMILES string of the molecule is CCN1c2ccc(C)cc2CC1CC(C)O. The van der Waals surface area contributed by atoms with Gasteiger partial charge in [0.2, 0.25) is 0 Å². The summed E-state index contributed by atoms with van der Waals surface area (Å²) in [6.45, 7) is 7.22. The largest absolute Gasteiger partial charge is 0.393 e. The molecule has 88 valence electrons. The molecule has 2 rings (SSSR count). The summed E-state index contributed by atoms with van der Waals surface area (Å²) < 4.78 is 0. The number of anilines is 1. The standard InChI is InChI=1S/C14H21NO/c1-4-15-13(8-11(3)16)9-12-7-10(2)5-6-14(12)15/h5-7,11,13,16H,4,8-9H2,1-3H3. The van der Waals surface area contributed by atoms with Crippen molar-refractivity contribution in [3.8, 4) is 0 Å². The van der Waals surface area contributed by atoms with Gasteiger partial charge in [0.05, 0.1) is 6.10 Å². The van der Waals surface area contributed by atoms with Gasteiger partial charge in [-0.05, 0) is 45.2 Å². The maximum atomic E-state index is 9.53. The van der Waals surface area contributed by atoms with Gasteiger partial charge in [-0.15, -0.1) is 0 Å². The third kappa shape index (κ3) is 2.07. The molecule has 1 aliphatic rings. The van der Waals surface area contributed by atoms with E-state index in [0.29, 0.717) is 6.04 Å². The molecule has 1 N–H and O–H groups in total. The number of hydrogen-bond acceptors (Lipinski definition) is 2. The van der Waals surface area contributed by atoms with Gasteiger partial charge in [-0.25, -0.2) is 0 Å². The Balaban J connectivity index is 2.25. The topological polar surface area (TPSA) is 23.5 Å². The van der Waals surface area contributed by atoms with Crippen LogP contribution in [0.4, 0.5) is 5.69 Å². The van der Waals surface area contributed by atoms with Crippen LogP contribution in [0.1, 0.15) is 31.4 Å². The summed E-state index contributed by atoms with van der Waals surface area (Å²) in [4.78, 5) is 2.42. The van der Waals surface area contributed by atoms with Gasteiger partial charge in [-0.3, -0.25) is 0 Å². The number of aliphatic hydroxyl groups is 1. The van der Waals surface area contributed by atoms with E-state index in [1.807, 2.05) is 6.92 Å². The van der Waals surface area contributed by atoms with Crippen molar-refractivity contribution in [2.75, 3.05) is 11.4 Å². The van der Waals surface area contributed by atoms with Gasteiger partial charge in [0.25, 0.3) is 0 Å². The Kier molecular flexibility index (Phi) is 3.20. The highest BCUT2D eigenvalue weighted by Gasteiger charge is 2.28. The lowest BCUT2D eigenvalue weighted by atomic mass is 10.0. The second kappa shape index (κ2) is 4.46. The zero-order valence-corrected chi connectivity index (χ0v) is 10.4. The van der Waals surface area contributed by atoms with Gasteiger partial charge in [0.1, 0.15) is 0 Å². The number of fused-ring (bicyclic) bond motifs is 1. The zero-order chi connectivity index (χ0) is 11.7. The van der Waals surface area contributed by atoms with Crippen LogP contribution in [-0.2, 0) is 6.42 Å². The van der Waals surface area contributed by atoms with Crippen LogP contribution in [0.2, 0.25) is 0 Å². The predicted molar refractivity (Wildman–Crippen MR) is 68.0 cm³/mol. The van der Waals surface area contributed by atoms with Crippen molar-refractivity contribution in [3.63, 3.8) is 0 Å². The first kappa shape index (κ1) is 11.5. The average Bonchev–Trinajstić information content (AvgIpc) is 2.52. The molecule has 0 saturated carbocycles. The fourth-order valence-electron chi connectivity index (χ4n) is 2.75. The lowest BCUT2D eigenvalue weighted by Crippen LogP contribution is -2.34. The Labute approximate surface area is 97.9 Å². The molecule has 1 heterocycles. The molecule has 2 unspecified atom stereocenters. The average molecular weight is 219 g/mol. The summed E-state index contributed by atoms with van der Waals surface area (Å²) in [5.74, 6) is 0. The number of aryl methyl sites for hydroxylation is 1. The van der Waals surface area contributed by atoms with Crippen LogP contribution in [0.25, 0.3) is 0 Å². The van der Waals surface area contributed by atoms with Gasteiger partial charge < -0.3 is 10.0 Å². The van der Waals surface area contributed by atoms with Crippen molar-refractivity contribution in [1.82, 2.24) is 0 Å². The fraction of sp³-hybridized carbons (Fsp3) is 0.571. The Hall–Kier alpha value is -1.02. The molecule has 1 aliphatic heterocycles. The molecule has 2 heteroatoms. The summed E-state index contributed by atoms with van der Waals surface area (Å²) in [5, 5.41) is 9.53. The van der Waals surface area contributed by atoms with Crippen LogP contribution >= 0.6 is 0 Å². The van der Waals surface area contributed by atoms with Crippen molar-refractivity contribution in [2.24, 2.45) is 0 Å². The Morgan fingerprint density at radius 3 is 2.88 bits per heavy atom. The van der Waals surface area contributed by atoms with Gasteiger partial charge >= 0.3 is 0 Å². The summed E-state index contributed by atoms with van der Waals surface area (Å²) in [6.07, 6.45) is 1.73.